The topological polar surface area (TPSA) is 118 Å². The highest BCUT2D eigenvalue weighted by Crippen LogP contribution is 2.37. The van der Waals surface area contributed by atoms with E-state index in [-0.39, 0.29) is 51.7 Å². The summed E-state index contributed by atoms with van der Waals surface area (Å²) in [6.45, 7) is 2.81. The first-order chi connectivity index (χ1) is 19.1. The van der Waals surface area contributed by atoms with Crippen LogP contribution in [0.4, 0.5) is 16.0 Å². The Morgan fingerprint density at radius 2 is 2.02 bits per heavy atom. The summed E-state index contributed by atoms with van der Waals surface area (Å²) in [6.07, 6.45) is 0.659. The van der Waals surface area contributed by atoms with Gasteiger partial charge in [-0.3, -0.25) is 9.59 Å². The predicted molar refractivity (Wildman–Crippen MR) is 149 cm³/mol. The first kappa shape index (κ1) is 27.9. The molecule has 13 heteroatoms. The average Bonchev–Trinajstić information content (AvgIpc) is 3.21. The maximum Gasteiger partial charge on any atom is 0.255 e. The smallest absolute Gasteiger partial charge is 0.255 e. The van der Waals surface area contributed by atoms with Crippen LogP contribution in [0.15, 0.2) is 36.5 Å². The number of anilines is 2. The van der Waals surface area contributed by atoms with Gasteiger partial charge in [0.1, 0.15) is 22.7 Å². The summed E-state index contributed by atoms with van der Waals surface area (Å²) in [6, 6.07) is 7.49. The number of alkyl halides is 1. The Morgan fingerprint density at radius 1 is 1.23 bits per heavy atom. The minimum Gasteiger partial charge on any atom is -0.495 e. The Morgan fingerprint density at radius 3 is 2.77 bits per heavy atom. The van der Waals surface area contributed by atoms with E-state index in [0.29, 0.717) is 30.0 Å². The second kappa shape index (κ2) is 11.4. The first-order valence-electron chi connectivity index (χ1n) is 12.6. The number of fused-ring (bicyclic) bond motifs is 1. The molecule has 0 bridgehead atoms. The summed E-state index contributed by atoms with van der Waals surface area (Å²) in [7, 11) is 3.27. The van der Waals surface area contributed by atoms with Gasteiger partial charge in [0.2, 0.25) is 11.8 Å². The van der Waals surface area contributed by atoms with Crippen LogP contribution >= 0.6 is 23.2 Å². The number of hydrogen-bond donors (Lipinski definition) is 3. The van der Waals surface area contributed by atoms with Crippen LogP contribution < -0.4 is 25.4 Å². The van der Waals surface area contributed by atoms with E-state index in [4.69, 9.17) is 32.7 Å². The van der Waals surface area contributed by atoms with Gasteiger partial charge in [0.15, 0.2) is 0 Å². The molecule has 1 saturated heterocycles. The molecule has 2 amide bonds. The Labute approximate surface area is 240 Å². The number of ether oxygens (including phenoxy) is 2. The number of halogens is 3. The molecule has 3 N–H and O–H groups in total. The van der Waals surface area contributed by atoms with E-state index >= 15 is 0 Å². The summed E-state index contributed by atoms with van der Waals surface area (Å²) in [4.78, 5) is 35.8. The van der Waals surface area contributed by atoms with Gasteiger partial charge in [0.05, 0.1) is 47.2 Å². The lowest BCUT2D eigenvalue weighted by Crippen LogP contribution is -2.51. The predicted octanol–water partition coefficient (Wildman–Crippen LogP) is 4.90. The van der Waals surface area contributed by atoms with E-state index < -0.39 is 18.1 Å². The Hall–Kier alpha value is -3.67. The molecular weight excluding hydrogens is 562 g/mol. The molecule has 3 atom stereocenters. The van der Waals surface area contributed by atoms with Crippen LogP contribution in [-0.2, 0) is 0 Å². The SMILES string of the molecule is COc1cc(C(=O)NC2CCN(C)C[C@H]2F)c(Cl)cc1Nc1ncc(Cl)c(Oc2cccc3c2C(=O)N[C@H]3C)n1. The van der Waals surface area contributed by atoms with Crippen LogP contribution in [0.5, 0.6) is 17.4 Å². The number of nitrogens with one attached hydrogen (secondary N) is 3. The van der Waals surface area contributed by atoms with Crippen molar-refractivity contribution in [2.45, 2.75) is 31.6 Å². The molecule has 0 spiro atoms. The fourth-order valence-corrected chi connectivity index (χ4v) is 5.13. The van der Waals surface area contributed by atoms with Crippen molar-refractivity contribution in [1.82, 2.24) is 25.5 Å². The van der Waals surface area contributed by atoms with Gasteiger partial charge in [0.25, 0.3) is 11.8 Å². The molecule has 2 aliphatic rings. The fraction of sp³-hybridized carbons (Fsp3) is 0.333. The Kier molecular flexibility index (Phi) is 7.97. The van der Waals surface area contributed by atoms with Crippen LogP contribution in [0, 0.1) is 0 Å². The van der Waals surface area contributed by atoms with Crippen LogP contribution in [0.1, 0.15) is 45.7 Å². The van der Waals surface area contributed by atoms with Crippen LogP contribution in [0.3, 0.4) is 0 Å². The number of methoxy groups -OCH3 is 1. The summed E-state index contributed by atoms with van der Waals surface area (Å²) in [5, 5.41) is 8.84. The minimum atomic E-state index is -1.18. The van der Waals surface area contributed by atoms with Crippen molar-refractivity contribution in [2.24, 2.45) is 0 Å². The summed E-state index contributed by atoms with van der Waals surface area (Å²) < 4.78 is 25.9. The van der Waals surface area contributed by atoms with Gasteiger partial charge >= 0.3 is 0 Å². The molecular formula is C27H27Cl2FN6O4. The number of likely N-dealkylation sites (tertiary alicyclic amines) is 1. The van der Waals surface area contributed by atoms with Gasteiger partial charge in [0, 0.05) is 13.1 Å². The van der Waals surface area contributed by atoms with E-state index in [2.05, 4.69) is 25.9 Å². The maximum atomic E-state index is 14.4. The molecule has 2 aliphatic heterocycles. The molecule has 3 aromatic rings. The summed E-state index contributed by atoms with van der Waals surface area (Å²) >= 11 is 12.8. The Balaban J connectivity index is 1.36. The lowest BCUT2D eigenvalue weighted by atomic mass is 10.0. The lowest BCUT2D eigenvalue weighted by molar-refractivity contribution is 0.0821. The third kappa shape index (κ3) is 5.63. The van der Waals surface area contributed by atoms with Crippen LogP contribution in [0.25, 0.3) is 0 Å². The molecule has 1 unspecified atom stereocenters. The normalized spacial score (nSPS) is 20.4. The molecule has 40 heavy (non-hydrogen) atoms. The van der Waals surface area contributed by atoms with Crippen LogP contribution in [-0.4, -0.2) is 66.1 Å². The first-order valence-corrected chi connectivity index (χ1v) is 13.3. The van der Waals surface area contributed by atoms with Crippen molar-refractivity contribution in [1.29, 1.82) is 0 Å². The molecule has 3 heterocycles. The van der Waals surface area contributed by atoms with Gasteiger partial charge in [-0.25, -0.2) is 9.37 Å². The number of rotatable bonds is 7. The number of piperidine rings is 1. The monoisotopic (exact) mass is 588 g/mol. The fourth-order valence-electron chi connectivity index (χ4n) is 4.75. The van der Waals surface area contributed by atoms with Crippen molar-refractivity contribution in [3.63, 3.8) is 0 Å². The van der Waals surface area contributed by atoms with Gasteiger partial charge in [-0.15, -0.1) is 0 Å². The van der Waals surface area contributed by atoms with Crippen molar-refractivity contribution in [3.8, 4) is 17.4 Å². The number of amides is 2. The van der Waals surface area contributed by atoms with Gasteiger partial charge in [-0.05, 0) is 44.2 Å². The second-order valence-corrected chi connectivity index (χ2v) is 10.5. The minimum absolute atomic E-state index is 0.0277. The molecule has 1 aromatic heterocycles. The molecule has 1 fully saturated rings. The average molecular weight is 589 g/mol. The number of aromatic nitrogens is 2. The van der Waals surface area contributed by atoms with Crippen molar-refractivity contribution in [3.05, 3.63) is 63.3 Å². The van der Waals surface area contributed by atoms with Crippen molar-refractivity contribution in [2.75, 3.05) is 32.6 Å². The van der Waals surface area contributed by atoms with Crippen molar-refractivity contribution >= 4 is 46.7 Å². The number of hydrogen-bond acceptors (Lipinski definition) is 8. The molecule has 5 rings (SSSR count). The molecule has 0 aliphatic carbocycles. The maximum absolute atomic E-state index is 14.4. The largest absolute Gasteiger partial charge is 0.495 e. The van der Waals surface area contributed by atoms with E-state index in [1.165, 1.54) is 25.4 Å². The van der Waals surface area contributed by atoms with Crippen LogP contribution in [0.2, 0.25) is 10.0 Å². The lowest BCUT2D eigenvalue weighted by Gasteiger charge is -2.32. The van der Waals surface area contributed by atoms with E-state index in [1.54, 1.807) is 12.1 Å². The number of benzene rings is 2. The third-order valence-electron chi connectivity index (χ3n) is 6.86. The molecule has 10 nitrogen and oxygen atoms in total. The number of carbonyl (C=O) groups is 2. The quantitative estimate of drug-likeness (QED) is 0.356. The van der Waals surface area contributed by atoms with E-state index in [1.807, 2.05) is 24.9 Å². The second-order valence-electron chi connectivity index (χ2n) is 9.67. The summed E-state index contributed by atoms with van der Waals surface area (Å²) in [5.41, 5.74) is 1.74. The van der Waals surface area contributed by atoms with Crippen molar-refractivity contribution < 1.29 is 23.5 Å². The standard InChI is InChI=1S/C27H27Cl2FN6O4/c1-13-14-5-4-6-21(23(14)25(38)32-13)40-26-17(29)11-31-27(35-26)34-20-10-16(28)15(9-22(20)39-3)24(37)33-19-7-8-36(2)12-18(19)30/h4-6,9-11,13,18-19H,7-8,12H2,1-3H3,(H,32,38)(H,33,37)(H,31,34,35)/t13-,18+,19?/m0/s1. The molecule has 210 valence electrons. The molecule has 0 radical (unpaired) electrons. The highest BCUT2D eigenvalue weighted by atomic mass is 35.5. The van der Waals surface area contributed by atoms with Gasteiger partial charge < -0.3 is 30.3 Å². The zero-order valence-electron chi connectivity index (χ0n) is 21.9. The Bertz CT molecular complexity index is 1480. The highest BCUT2D eigenvalue weighted by Gasteiger charge is 2.31. The molecule has 0 saturated carbocycles. The van der Waals surface area contributed by atoms with Gasteiger partial charge in [-0.1, -0.05) is 35.3 Å². The zero-order valence-corrected chi connectivity index (χ0v) is 23.4. The van der Waals surface area contributed by atoms with Gasteiger partial charge in [-0.2, -0.15) is 4.98 Å². The van der Waals surface area contributed by atoms with E-state index in [9.17, 15) is 14.0 Å². The van der Waals surface area contributed by atoms with E-state index in [0.717, 1.165) is 5.56 Å². The summed E-state index contributed by atoms with van der Waals surface area (Å²) in [5.74, 6) is -0.0330. The number of carbonyl (C=O) groups excluding carboxylic acids is 2. The third-order valence-corrected chi connectivity index (χ3v) is 7.43. The molecule has 2 aromatic carbocycles. The number of nitrogens with zero attached hydrogens (tertiary/aromatic N) is 3. The zero-order chi connectivity index (χ0) is 28.6. The highest BCUT2D eigenvalue weighted by molar-refractivity contribution is 6.34.